The number of esters is 1. The number of ether oxygens (including phenoxy) is 1. The molecule has 0 spiro atoms. The van der Waals surface area contributed by atoms with E-state index in [1.54, 1.807) is 19.9 Å². The summed E-state index contributed by atoms with van der Waals surface area (Å²) in [6, 6.07) is 6.62. The molecular weight excluding hydrogens is 364 g/mol. The first kappa shape index (κ1) is 19.0. The lowest BCUT2D eigenvalue weighted by Gasteiger charge is -2.18. The van der Waals surface area contributed by atoms with Gasteiger partial charge in [0.05, 0.1) is 5.02 Å². The molecule has 1 aromatic heterocycles. The number of benzene rings is 1. The Kier molecular flexibility index (Phi) is 6.17. The van der Waals surface area contributed by atoms with Gasteiger partial charge in [0.15, 0.2) is 6.10 Å². The van der Waals surface area contributed by atoms with Gasteiger partial charge in [-0.15, -0.1) is 11.3 Å². The van der Waals surface area contributed by atoms with Crippen LogP contribution in [0.3, 0.4) is 0 Å². The highest BCUT2D eigenvalue weighted by molar-refractivity contribution is 7.20. The molecule has 0 radical (unpaired) electrons. The van der Waals surface area contributed by atoms with Crippen LogP contribution in [-0.2, 0) is 14.3 Å². The van der Waals surface area contributed by atoms with E-state index in [1.165, 1.54) is 17.4 Å². The molecule has 1 atom stereocenters. The molecule has 1 aromatic carbocycles. The Balaban J connectivity index is 2.11. The number of halogens is 1. The molecule has 2 aromatic rings. The molecule has 0 aliphatic heterocycles. The van der Waals surface area contributed by atoms with Crippen molar-refractivity contribution >= 4 is 57.0 Å². The van der Waals surface area contributed by atoms with E-state index in [4.69, 9.17) is 22.1 Å². The molecule has 0 aliphatic rings. The summed E-state index contributed by atoms with van der Waals surface area (Å²) in [5.74, 6) is -1.80. The van der Waals surface area contributed by atoms with E-state index in [2.05, 4.69) is 0 Å². The summed E-state index contributed by atoms with van der Waals surface area (Å²) < 4.78 is 6.13. The van der Waals surface area contributed by atoms with Crippen LogP contribution in [0.4, 0.5) is 4.79 Å². The smallest absolute Gasteiger partial charge is 0.331 e. The van der Waals surface area contributed by atoms with Gasteiger partial charge >= 0.3 is 12.0 Å². The van der Waals surface area contributed by atoms with Crippen molar-refractivity contribution < 1.29 is 19.1 Å². The van der Waals surface area contributed by atoms with Gasteiger partial charge in [-0.05, 0) is 18.1 Å². The predicted octanol–water partition coefficient (Wildman–Crippen LogP) is 3.33. The number of fused-ring (bicyclic) bond motifs is 1. The average molecular weight is 381 g/mol. The van der Waals surface area contributed by atoms with Gasteiger partial charge in [-0.25, -0.2) is 9.59 Å². The van der Waals surface area contributed by atoms with Crippen molar-refractivity contribution in [1.29, 1.82) is 0 Å². The largest absolute Gasteiger partial charge is 0.449 e. The number of rotatable bonds is 5. The maximum Gasteiger partial charge on any atom is 0.331 e. The number of primary amides is 1. The van der Waals surface area contributed by atoms with Gasteiger partial charge in [-0.1, -0.05) is 43.6 Å². The second kappa shape index (κ2) is 8.13. The fourth-order valence-electron chi connectivity index (χ4n) is 2.13. The highest BCUT2D eigenvalue weighted by Crippen LogP contribution is 2.35. The third-order valence-corrected chi connectivity index (χ3v) is 4.94. The minimum Gasteiger partial charge on any atom is -0.449 e. The van der Waals surface area contributed by atoms with Crippen molar-refractivity contribution in [3.63, 3.8) is 0 Å². The van der Waals surface area contributed by atoms with E-state index in [-0.39, 0.29) is 5.92 Å². The van der Waals surface area contributed by atoms with Crippen molar-refractivity contribution in [1.82, 2.24) is 5.32 Å². The molecule has 0 saturated carbocycles. The van der Waals surface area contributed by atoms with Gasteiger partial charge in [-0.3, -0.25) is 10.1 Å². The first-order valence-electron chi connectivity index (χ1n) is 7.45. The Morgan fingerprint density at radius 3 is 2.56 bits per heavy atom. The van der Waals surface area contributed by atoms with Gasteiger partial charge in [0.2, 0.25) is 0 Å². The summed E-state index contributed by atoms with van der Waals surface area (Å²) >= 11 is 7.73. The van der Waals surface area contributed by atoms with E-state index < -0.39 is 24.0 Å². The Morgan fingerprint density at radius 2 is 1.96 bits per heavy atom. The molecular formula is C17H17ClN2O4S. The van der Waals surface area contributed by atoms with Crippen molar-refractivity contribution in [2.75, 3.05) is 0 Å². The zero-order chi connectivity index (χ0) is 18.6. The zero-order valence-corrected chi connectivity index (χ0v) is 15.2. The maximum absolute atomic E-state index is 12.0. The standard InChI is InChI=1S/C17H17ClN2O4S/c1-9(2)15(16(22)20-17(19)23)24-13(21)8-7-12-14(18)10-5-3-4-6-11(10)25-12/h3-9,15H,1-2H3,(H3,19,20,22,23)/b8-7+/t15-/m0/s1. The summed E-state index contributed by atoms with van der Waals surface area (Å²) in [6.07, 6.45) is 1.62. The van der Waals surface area contributed by atoms with Gasteiger partial charge < -0.3 is 10.5 Å². The number of carbonyl (C=O) groups is 3. The summed E-state index contributed by atoms with van der Waals surface area (Å²) in [7, 11) is 0. The van der Waals surface area contributed by atoms with Crippen LogP contribution in [0.25, 0.3) is 16.2 Å². The Bertz CT molecular complexity index is 844. The lowest BCUT2D eigenvalue weighted by atomic mass is 10.1. The Morgan fingerprint density at radius 1 is 1.28 bits per heavy atom. The number of imide groups is 1. The third-order valence-electron chi connectivity index (χ3n) is 3.28. The van der Waals surface area contributed by atoms with E-state index >= 15 is 0 Å². The van der Waals surface area contributed by atoms with Crippen molar-refractivity contribution in [2.45, 2.75) is 20.0 Å². The molecule has 3 N–H and O–H groups in total. The highest BCUT2D eigenvalue weighted by Gasteiger charge is 2.26. The zero-order valence-electron chi connectivity index (χ0n) is 13.6. The van der Waals surface area contributed by atoms with E-state index in [1.807, 2.05) is 29.6 Å². The Labute approximate surface area is 153 Å². The van der Waals surface area contributed by atoms with Crippen LogP contribution < -0.4 is 11.1 Å². The first-order chi connectivity index (χ1) is 11.8. The summed E-state index contributed by atoms with van der Waals surface area (Å²) in [6.45, 7) is 3.37. The topological polar surface area (TPSA) is 98.5 Å². The van der Waals surface area contributed by atoms with E-state index in [0.29, 0.717) is 9.90 Å². The molecule has 132 valence electrons. The number of carbonyl (C=O) groups excluding carboxylic acids is 3. The Hall–Kier alpha value is -2.38. The molecule has 6 nitrogen and oxygen atoms in total. The third kappa shape index (κ3) is 4.80. The fraction of sp³-hybridized carbons (Fsp3) is 0.235. The molecule has 8 heteroatoms. The lowest BCUT2D eigenvalue weighted by molar-refractivity contribution is -0.153. The SMILES string of the molecule is CC(C)[C@H](OC(=O)/C=C/c1sc2ccccc2c1Cl)C(=O)NC(N)=O. The van der Waals surface area contributed by atoms with Crippen molar-refractivity contribution in [3.05, 3.63) is 40.2 Å². The summed E-state index contributed by atoms with van der Waals surface area (Å²) in [4.78, 5) is 35.3. The number of thiophene rings is 1. The van der Waals surface area contributed by atoms with E-state index in [0.717, 1.165) is 10.1 Å². The quantitative estimate of drug-likeness (QED) is 0.613. The average Bonchev–Trinajstić information content (AvgIpc) is 2.86. The van der Waals surface area contributed by atoms with Gasteiger partial charge in [0.25, 0.3) is 5.91 Å². The second-order valence-electron chi connectivity index (χ2n) is 5.56. The van der Waals surface area contributed by atoms with Crippen LogP contribution in [0, 0.1) is 5.92 Å². The fourth-order valence-corrected chi connectivity index (χ4v) is 3.53. The molecule has 0 unspecified atom stereocenters. The summed E-state index contributed by atoms with van der Waals surface area (Å²) in [5, 5.41) is 3.37. The minimum atomic E-state index is -1.12. The number of nitrogens with two attached hydrogens (primary N) is 1. The molecule has 0 bridgehead atoms. The molecule has 1 heterocycles. The minimum absolute atomic E-state index is 0.329. The van der Waals surface area contributed by atoms with Crippen molar-refractivity contribution in [3.8, 4) is 0 Å². The van der Waals surface area contributed by atoms with Crippen LogP contribution in [0.5, 0.6) is 0 Å². The number of hydrogen-bond donors (Lipinski definition) is 2. The monoisotopic (exact) mass is 380 g/mol. The molecule has 0 saturated heterocycles. The van der Waals surface area contributed by atoms with E-state index in [9.17, 15) is 14.4 Å². The van der Waals surface area contributed by atoms with Crippen LogP contribution >= 0.6 is 22.9 Å². The maximum atomic E-state index is 12.0. The van der Waals surface area contributed by atoms with Crippen LogP contribution in [0.15, 0.2) is 30.3 Å². The van der Waals surface area contributed by atoms with Gasteiger partial charge in [0, 0.05) is 21.0 Å². The molecule has 25 heavy (non-hydrogen) atoms. The van der Waals surface area contributed by atoms with Crippen LogP contribution in [-0.4, -0.2) is 24.0 Å². The first-order valence-corrected chi connectivity index (χ1v) is 8.65. The van der Waals surface area contributed by atoms with Gasteiger partial charge in [0.1, 0.15) is 0 Å². The van der Waals surface area contributed by atoms with Crippen LogP contribution in [0.1, 0.15) is 18.7 Å². The molecule has 0 aliphatic carbocycles. The predicted molar refractivity (Wildman–Crippen MR) is 98.3 cm³/mol. The number of hydrogen-bond acceptors (Lipinski definition) is 5. The summed E-state index contributed by atoms with van der Waals surface area (Å²) in [5.41, 5.74) is 4.91. The molecule has 3 amide bonds. The van der Waals surface area contributed by atoms with Crippen LogP contribution in [0.2, 0.25) is 5.02 Å². The number of nitrogens with one attached hydrogen (secondary N) is 1. The number of urea groups is 1. The highest BCUT2D eigenvalue weighted by atomic mass is 35.5. The second-order valence-corrected chi connectivity index (χ2v) is 7.03. The normalized spacial score (nSPS) is 12.5. The molecule has 2 rings (SSSR count). The molecule has 0 fully saturated rings. The van der Waals surface area contributed by atoms with Gasteiger partial charge in [-0.2, -0.15) is 0 Å². The lowest BCUT2D eigenvalue weighted by Crippen LogP contribution is -2.45. The number of amides is 3. The van der Waals surface area contributed by atoms with Crippen molar-refractivity contribution in [2.24, 2.45) is 11.7 Å².